The van der Waals surface area contributed by atoms with Gasteiger partial charge in [0.2, 0.25) is 10.0 Å². The minimum Gasteiger partial charge on any atom is -0.456 e. The fraction of sp³-hybridized carbons (Fsp3) is 0.474. The molecule has 144 valence electrons. The van der Waals surface area contributed by atoms with Crippen molar-refractivity contribution in [3.8, 4) is 0 Å². The number of rotatable bonds is 8. The molecule has 0 radical (unpaired) electrons. The molecule has 0 aromatic heterocycles. The molecule has 0 unspecified atom stereocenters. The maximum Gasteiger partial charge on any atom is 0.324 e. The number of sulfonamides is 1. The second-order valence-electron chi connectivity index (χ2n) is 7.38. The summed E-state index contributed by atoms with van der Waals surface area (Å²) >= 11 is 0. The third-order valence-corrected chi connectivity index (χ3v) is 4.71. The summed E-state index contributed by atoms with van der Waals surface area (Å²) < 4.78 is 31.8. The second kappa shape index (κ2) is 9.09. The first-order chi connectivity index (χ1) is 11.9. The lowest BCUT2D eigenvalue weighted by molar-refractivity contribution is -0.152. The number of ether oxygens (including phenoxy) is 1. The van der Waals surface area contributed by atoms with Gasteiger partial charge in [0, 0.05) is 10.8 Å². The smallest absolute Gasteiger partial charge is 0.324 e. The van der Waals surface area contributed by atoms with Crippen LogP contribution in [-0.4, -0.2) is 32.8 Å². The van der Waals surface area contributed by atoms with E-state index in [2.05, 4.69) is 4.72 Å². The minimum absolute atomic E-state index is 0.236. The number of benzene rings is 1. The predicted octanol–water partition coefficient (Wildman–Crippen LogP) is 2.76. The predicted molar refractivity (Wildman–Crippen MR) is 102 cm³/mol. The van der Waals surface area contributed by atoms with Gasteiger partial charge in [0.15, 0.2) is 12.4 Å². The Morgan fingerprint density at radius 3 is 2.23 bits per heavy atom. The van der Waals surface area contributed by atoms with Crippen molar-refractivity contribution in [2.75, 3.05) is 6.61 Å². The molecule has 0 fully saturated rings. The van der Waals surface area contributed by atoms with Gasteiger partial charge in [0.25, 0.3) is 0 Å². The molecule has 0 aliphatic carbocycles. The van der Waals surface area contributed by atoms with Crippen LogP contribution in [0.5, 0.6) is 0 Å². The van der Waals surface area contributed by atoms with Gasteiger partial charge < -0.3 is 4.74 Å². The van der Waals surface area contributed by atoms with Gasteiger partial charge >= 0.3 is 5.97 Å². The van der Waals surface area contributed by atoms with Crippen molar-refractivity contribution in [1.29, 1.82) is 0 Å². The lowest BCUT2D eigenvalue weighted by Crippen LogP contribution is -2.45. The van der Waals surface area contributed by atoms with Gasteiger partial charge in [-0.1, -0.05) is 65.0 Å². The molecule has 1 N–H and O–H groups in total. The molecule has 0 saturated heterocycles. The van der Waals surface area contributed by atoms with E-state index in [0.717, 1.165) is 11.0 Å². The van der Waals surface area contributed by atoms with Gasteiger partial charge in [-0.25, -0.2) is 8.42 Å². The largest absolute Gasteiger partial charge is 0.456 e. The van der Waals surface area contributed by atoms with Crippen LogP contribution in [-0.2, 0) is 24.3 Å². The summed E-state index contributed by atoms with van der Waals surface area (Å²) in [7, 11) is -3.85. The van der Waals surface area contributed by atoms with E-state index in [1.165, 1.54) is 6.08 Å². The normalized spacial score (nSPS) is 13.8. The molecule has 1 atom stereocenters. The molecule has 0 saturated carbocycles. The summed E-state index contributed by atoms with van der Waals surface area (Å²) in [5, 5.41) is 1.01. The molecular weight excluding hydrogens is 354 g/mol. The Morgan fingerprint density at radius 2 is 1.73 bits per heavy atom. The molecular formula is C19H27NO5S. The molecule has 1 aromatic rings. The van der Waals surface area contributed by atoms with Crippen LogP contribution in [0.4, 0.5) is 0 Å². The number of esters is 1. The van der Waals surface area contributed by atoms with E-state index < -0.39 is 27.4 Å². The van der Waals surface area contributed by atoms with Crippen LogP contribution in [0.25, 0.3) is 6.08 Å². The topological polar surface area (TPSA) is 89.5 Å². The van der Waals surface area contributed by atoms with Crippen molar-refractivity contribution in [3.05, 3.63) is 41.3 Å². The van der Waals surface area contributed by atoms with Gasteiger partial charge in [-0.2, -0.15) is 4.72 Å². The highest BCUT2D eigenvalue weighted by molar-refractivity contribution is 7.92. The van der Waals surface area contributed by atoms with Gasteiger partial charge in [0.05, 0.1) is 0 Å². The molecule has 0 aliphatic heterocycles. The average Bonchev–Trinajstić information content (AvgIpc) is 2.55. The fourth-order valence-corrected chi connectivity index (χ4v) is 2.99. The number of nitrogens with one attached hydrogen (secondary N) is 1. The van der Waals surface area contributed by atoms with E-state index in [0.29, 0.717) is 0 Å². The first-order valence-corrected chi connectivity index (χ1v) is 9.92. The van der Waals surface area contributed by atoms with Crippen LogP contribution in [0.1, 0.15) is 40.2 Å². The van der Waals surface area contributed by atoms with E-state index in [1.807, 2.05) is 6.07 Å². The Hall–Kier alpha value is -1.99. The minimum atomic E-state index is -3.85. The Kier molecular flexibility index (Phi) is 7.71. The van der Waals surface area contributed by atoms with Crippen LogP contribution in [0.2, 0.25) is 0 Å². The average molecular weight is 381 g/mol. The van der Waals surface area contributed by atoms with Crippen molar-refractivity contribution in [2.45, 2.75) is 40.7 Å². The molecule has 1 rings (SSSR count). The summed E-state index contributed by atoms with van der Waals surface area (Å²) in [4.78, 5) is 24.1. The van der Waals surface area contributed by atoms with Crippen molar-refractivity contribution >= 4 is 27.9 Å². The summed E-state index contributed by atoms with van der Waals surface area (Å²) in [5.41, 5.74) is 0.0863. The molecule has 1 aromatic carbocycles. The molecule has 0 bridgehead atoms. The molecule has 0 amide bonds. The molecule has 0 heterocycles. The van der Waals surface area contributed by atoms with E-state index >= 15 is 0 Å². The molecule has 26 heavy (non-hydrogen) atoms. The third-order valence-electron chi connectivity index (χ3n) is 3.63. The Labute approximate surface area is 155 Å². The zero-order valence-electron chi connectivity index (χ0n) is 15.9. The number of ketones is 1. The summed E-state index contributed by atoms with van der Waals surface area (Å²) in [6.45, 7) is 8.18. The van der Waals surface area contributed by atoms with Gasteiger partial charge in [-0.05, 0) is 17.6 Å². The molecule has 7 heteroatoms. The van der Waals surface area contributed by atoms with Gasteiger partial charge in [0.1, 0.15) is 6.04 Å². The summed E-state index contributed by atoms with van der Waals surface area (Å²) in [6.07, 6.45) is 1.44. The lowest BCUT2D eigenvalue weighted by Gasteiger charge is -2.21. The van der Waals surface area contributed by atoms with Crippen LogP contribution >= 0.6 is 0 Å². The van der Waals surface area contributed by atoms with Crippen molar-refractivity contribution in [3.63, 3.8) is 0 Å². The first-order valence-electron chi connectivity index (χ1n) is 8.38. The van der Waals surface area contributed by atoms with Crippen molar-refractivity contribution < 1.29 is 22.7 Å². The highest BCUT2D eigenvalue weighted by Gasteiger charge is 2.29. The van der Waals surface area contributed by atoms with Crippen LogP contribution in [0.15, 0.2) is 35.7 Å². The Bertz CT molecular complexity index is 746. The van der Waals surface area contributed by atoms with Gasteiger partial charge in [-0.15, -0.1) is 0 Å². The van der Waals surface area contributed by atoms with Gasteiger partial charge in [-0.3, -0.25) is 9.59 Å². The second-order valence-corrected chi connectivity index (χ2v) is 8.98. The lowest BCUT2D eigenvalue weighted by atomic mass is 9.91. The summed E-state index contributed by atoms with van der Waals surface area (Å²) in [5.74, 6) is -1.35. The maximum atomic E-state index is 12.2. The van der Waals surface area contributed by atoms with Crippen LogP contribution in [0.3, 0.4) is 0 Å². The van der Waals surface area contributed by atoms with E-state index in [-0.39, 0.29) is 18.3 Å². The Balaban J connectivity index is 2.79. The van der Waals surface area contributed by atoms with E-state index in [1.54, 1.807) is 58.9 Å². The number of hydrogen-bond donors (Lipinski definition) is 1. The first kappa shape index (κ1) is 22.1. The zero-order chi connectivity index (χ0) is 20.0. The van der Waals surface area contributed by atoms with Crippen LogP contribution in [0, 0.1) is 11.3 Å². The zero-order valence-corrected chi connectivity index (χ0v) is 16.7. The quantitative estimate of drug-likeness (QED) is 0.700. The highest BCUT2D eigenvalue weighted by Crippen LogP contribution is 2.15. The van der Waals surface area contributed by atoms with Crippen LogP contribution < -0.4 is 4.72 Å². The Morgan fingerprint density at radius 1 is 1.15 bits per heavy atom. The number of hydrogen-bond acceptors (Lipinski definition) is 5. The number of carbonyl (C=O) groups is 2. The maximum absolute atomic E-state index is 12.2. The molecule has 6 nitrogen and oxygen atoms in total. The molecule has 0 spiro atoms. The highest BCUT2D eigenvalue weighted by atomic mass is 32.2. The SMILES string of the molecule is CC(C)[C@H](NS(=O)(=O)/C=C/c1ccccc1)C(=O)OCC(=O)C(C)(C)C. The summed E-state index contributed by atoms with van der Waals surface area (Å²) in [6, 6.07) is 7.86. The van der Waals surface area contributed by atoms with Crippen molar-refractivity contribution in [1.82, 2.24) is 4.72 Å². The number of carbonyl (C=O) groups excluding carboxylic acids is 2. The van der Waals surface area contributed by atoms with Crippen molar-refractivity contribution in [2.24, 2.45) is 11.3 Å². The monoisotopic (exact) mass is 381 g/mol. The number of Topliss-reactive ketones (excluding diaryl/α,β-unsaturated/α-hetero) is 1. The third kappa shape index (κ3) is 7.49. The standard InChI is InChI=1S/C19H27NO5S/c1-14(2)17(18(22)25-13-16(21)19(3,4)5)20-26(23,24)12-11-15-9-7-6-8-10-15/h6-12,14,17,20H,13H2,1-5H3/b12-11+/t17-/m0/s1. The fourth-order valence-electron chi connectivity index (χ4n) is 1.85. The molecule has 0 aliphatic rings. The van der Waals surface area contributed by atoms with E-state index in [4.69, 9.17) is 4.74 Å². The van der Waals surface area contributed by atoms with E-state index in [9.17, 15) is 18.0 Å².